The Morgan fingerprint density at radius 3 is 1.93 bits per heavy atom. The van der Waals surface area contributed by atoms with Crippen molar-refractivity contribution in [1.29, 1.82) is 0 Å². The first kappa shape index (κ1) is 17.2. The van der Waals surface area contributed by atoms with Gasteiger partial charge in [-0.1, -0.05) is 35.3 Å². The molecule has 138 valence electrons. The van der Waals surface area contributed by atoms with Crippen LogP contribution in [0.1, 0.15) is 18.0 Å². The minimum absolute atomic E-state index is 0.150. The summed E-state index contributed by atoms with van der Waals surface area (Å²) >= 11 is 12.0. The minimum atomic E-state index is -0.448. The van der Waals surface area contributed by atoms with Crippen molar-refractivity contribution in [3.63, 3.8) is 0 Å². The highest BCUT2D eigenvalue weighted by molar-refractivity contribution is 6.31. The fourth-order valence-electron chi connectivity index (χ4n) is 4.62. The van der Waals surface area contributed by atoms with Crippen LogP contribution in [0.15, 0.2) is 48.5 Å². The van der Waals surface area contributed by atoms with Crippen molar-refractivity contribution in [1.82, 2.24) is 10.0 Å². The Balaban J connectivity index is 1.57. The summed E-state index contributed by atoms with van der Waals surface area (Å²) in [5, 5.41) is 5.50. The van der Waals surface area contributed by atoms with E-state index in [1.54, 1.807) is 24.3 Å². The summed E-state index contributed by atoms with van der Waals surface area (Å²) < 4.78 is 0. The summed E-state index contributed by atoms with van der Waals surface area (Å²) in [4.78, 5) is 27.9. The van der Waals surface area contributed by atoms with Gasteiger partial charge in [-0.15, -0.1) is 0 Å². The van der Waals surface area contributed by atoms with Gasteiger partial charge >= 0.3 is 0 Å². The molecule has 3 saturated heterocycles. The van der Waals surface area contributed by atoms with Crippen molar-refractivity contribution in [3.8, 4) is 0 Å². The maximum atomic E-state index is 13.4. The Kier molecular flexibility index (Phi) is 4.02. The Morgan fingerprint density at radius 2 is 1.30 bits per heavy atom. The van der Waals surface area contributed by atoms with Gasteiger partial charge in [0.2, 0.25) is 5.91 Å². The molecular formula is C20H17Cl2N3O2. The highest BCUT2D eigenvalue weighted by Gasteiger charge is 2.62. The highest BCUT2D eigenvalue weighted by atomic mass is 35.5. The molecule has 0 radical (unpaired) electrons. The summed E-state index contributed by atoms with van der Waals surface area (Å²) in [7, 11) is 0. The third-order valence-electron chi connectivity index (χ3n) is 5.70. The second kappa shape index (κ2) is 6.31. The minimum Gasteiger partial charge on any atom is -0.274 e. The predicted molar refractivity (Wildman–Crippen MR) is 103 cm³/mol. The second-order valence-electron chi connectivity index (χ2n) is 7.14. The third kappa shape index (κ3) is 2.53. The van der Waals surface area contributed by atoms with Crippen LogP contribution in [-0.4, -0.2) is 41.0 Å². The van der Waals surface area contributed by atoms with E-state index in [-0.39, 0.29) is 17.9 Å². The summed E-state index contributed by atoms with van der Waals surface area (Å²) in [5.41, 5.74) is 1.59. The first-order valence-corrected chi connectivity index (χ1v) is 9.74. The topological polar surface area (TPSA) is 43.9 Å². The monoisotopic (exact) mass is 401 g/mol. The van der Waals surface area contributed by atoms with Crippen LogP contribution in [0.2, 0.25) is 10.0 Å². The zero-order chi connectivity index (χ0) is 18.7. The van der Waals surface area contributed by atoms with Gasteiger partial charge in [0.05, 0.1) is 17.6 Å². The molecule has 5 nitrogen and oxygen atoms in total. The lowest BCUT2D eigenvalue weighted by atomic mass is 9.90. The molecule has 3 aliphatic rings. The Labute approximate surface area is 167 Å². The number of hydrazine groups is 1. The summed E-state index contributed by atoms with van der Waals surface area (Å²) in [6.45, 7) is 1.64. The molecule has 0 bridgehead atoms. The van der Waals surface area contributed by atoms with Gasteiger partial charge in [0.15, 0.2) is 0 Å². The number of anilines is 1. The highest BCUT2D eigenvalue weighted by Crippen LogP contribution is 2.49. The second-order valence-corrected chi connectivity index (χ2v) is 8.01. The summed E-state index contributed by atoms with van der Waals surface area (Å²) in [6, 6.07) is 13.8. The van der Waals surface area contributed by atoms with Gasteiger partial charge in [-0.05, 0) is 48.4 Å². The Hall–Kier alpha value is -1.92. The van der Waals surface area contributed by atoms with Crippen molar-refractivity contribution in [2.24, 2.45) is 5.92 Å². The molecule has 3 fully saturated rings. The molecule has 0 saturated carbocycles. The van der Waals surface area contributed by atoms with E-state index < -0.39 is 12.0 Å². The molecule has 2 amide bonds. The van der Waals surface area contributed by atoms with E-state index in [2.05, 4.69) is 10.0 Å². The van der Waals surface area contributed by atoms with E-state index >= 15 is 0 Å². The number of amides is 2. The number of fused-ring (bicyclic) bond motifs is 3. The largest absolute Gasteiger partial charge is 0.274 e. The zero-order valence-corrected chi connectivity index (χ0v) is 15.9. The Morgan fingerprint density at radius 1 is 0.741 bits per heavy atom. The van der Waals surface area contributed by atoms with Crippen LogP contribution >= 0.6 is 23.2 Å². The van der Waals surface area contributed by atoms with Crippen molar-refractivity contribution in [3.05, 3.63) is 64.1 Å². The van der Waals surface area contributed by atoms with E-state index in [1.807, 2.05) is 24.3 Å². The number of halogens is 2. The number of carbonyl (C=O) groups excluding carboxylic acids is 2. The van der Waals surface area contributed by atoms with Gasteiger partial charge in [-0.25, -0.2) is 14.9 Å². The lowest BCUT2D eigenvalue weighted by Crippen LogP contribution is -2.44. The van der Waals surface area contributed by atoms with Crippen LogP contribution in [0.25, 0.3) is 0 Å². The molecule has 0 spiro atoms. The molecule has 0 N–H and O–H groups in total. The first-order chi connectivity index (χ1) is 13.1. The van der Waals surface area contributed by atoms with Crippen LogP contribution in [0, 0.1) is 5.92 Å². The molecule has 7 heteroatoms. The molecular weight excluding hydrogens is 385 g/mol. The molecule has 27 heavy (non-hydrogen) atoms. The molecule has 3 atom stereocenters. The third-order valence-corrected chi connectivity index (χ3v) is 6.21. The number of benzene rings is 2. The summed E-state index contributed by atoms with van der Waals surface area (Å²) in [6.07, 6.45) is 0.982. The normalized spacial score (nSPS) is 28.1. The number of hydrogen-bond donors (Lipinski definition) is 0. The van der Waals surface area contributed by atoms with Crippen molar-refractivity contribution in [2.45, 2.75) is 18.5 Å². The van der Waals surface area contributed by atoms with E-state index in [0.29, 0.717) is 15.7 Å². The number of carbonyl (C=O) groups is 2. The number of hydrogen-bond acceptors (Lipinski definition) is 4. The number of nitrogens with zero attached hydrogens (tertiary/aromatic N) is 3. The zero-order valence-electron chi connectivity index (χ0n) is 14.4. The van der Waals surface area contributed by atoms with Crippen molar-refractivity contribution < 1.29 is 9.59 Å². The van der Waals surface area contributed by atoms with Crippen LogP contribution in [0.4, 0.5) is 5.69 Å². The van der Waals surface area contributed by atoms with Gasteiger partial charge in [0, 0.05) is 23.1 Å². The molecule has 5 rings (SSSR count). The molecule has 0 unspecified atom stereocenters. The first-order valence-electron chi connectivity index (χ1n) is 8.98. The number of imide groups is 1. The van der Waals surface area contributed by atoms with Gasteiger partial charge in [-0.3, -0.25) is 9.59 Å². The molecule has 2 aromatic carbocycles. The van der Waals surface area contributed by atoms with Crippen molar-refractivity contribution in [2.75, 3.05) is 18.0 Å². The van der Waals surface area contributed by atoms with Gasteiger partial charge in [0.25, 0.3) is 5.91 Å². The molecule has 0 aliphatic carbocycles. The lowest BCUT2D eigenvalue weighted by molar-refractivity contribution is -0.126. The molecule has 2 aromatic rings. The van der Waals surface area contributed by atoms with E-state index in [4.69, 9.17) is 23.2 Å². The standard InChI is InChI=1S/C20H17Cl2N3O2/c21-13-4-2-12(3-5-13)17-16-18(24-11-1-10-23(17)24)20(27)25(19(16)26)15-8-6-14(22)7-9-15/h2-9,16-18H,1,10-11H2/t16-,17-,18+/m0/s1. The van der Waals surface area contributed by atoms with Crippen LogP contribution in [0.5, 0.6) is 0 Å². The van der Waals surface area contributed by atoms with Crippen LogP contribution < -0.4 is 4.90 Å². The fraction of sp³-hybridized carbons (Fsp3) is 0.300. The van der Waals surface area contributed by atoms with E-state index in [9.17, 15) is 9.59 Å². The number of rotatable bonds is 2. The van der Waals surface area contributed by atoms with E-state index in [1.165, 1.54) is 4.90 Å². The fourth-order valence-corrected chi connectivity index (χ4v) is 4.87. The maximum Gasteiger partial charge on any atom is 0.253 e. The summed E-state index contributed by atoms with van der Waals surface area (Å²) in [5.74, 6) is -0.730. The van der Waals surface area contributed by atoms with Gasteiger partial charge in [0.1, 0.15) is 6.04 Å². The van der Waals surface area contributed by atoms with Crippen molar-refractivity contribution >= 4 is 40.7 Å². The quantitative estimate of drug-likeness (QED) is 0.721. The Bertz CT molecular complexity index is 916. The molecule has 3 aliphatic heterocycles. The predicted octanol–water partition coefficient (Wildman–Crippen LogP) is 3.53. The smallest absolute Gasteiger partial charge is 0.253 e. The van der Waals surface area contributed by atoms with Gasteiger partial charge in [-0.2, -0.15) is 0 Å². The lowest BCUT2D eigenvalue weighted by Gasteiger charge is -2.29. The maximum absolute atomic E-state index is 13.4. The molecule has 3 heterocycles. The molecule has 0 aromatic heterocycles. The average molecular weight is 402 g/mol. The van der Waals surface area contributed by atoms with E-state index in [0.717, 1.165) is 25.1 Å². The van der Waals surface area contributed by atoms with Gasteiger partial charge < -0.3 is 0 Å². The van der Waals surface area contributed by atoms with Crippen LogP contribution in [-0.2, 0) is 9.59 Å². The average Bonchev–Trinajstić information content (AvgIpc) is 3.30. The SMILES string of the molecule is O=C1[C@@H]2[C@H](C(=O)N1c1ccc(Cl)cc1)N1CCCN1[C@H]2c1ccc(Cl)cc1. The van der Waals surface area contributed by atoms with Crippen LogP contribution in [0.3, 0.4) is 0 Å².